The molecule has 0 aliphatic rings. The Hall–Kier alpha value is -3.86. The minimum Gasteiger partial charge on any atom is -0.486 e. The smallest absolute Gasteiger partial charge is 0.269 e. The number of anilines is 1. The number of nitro groups is 1. The summed E-state index contributed by atoms with van der Waals surface area (Å²) in [6.07, 6.45) is 2.25. The van der Waals surface area contributed by atoms with Gasteiger partial charge in [-0.25, -0.2) is 0 Å². The summed E-state index contributed by atoms with van der Waals surface area (Å²) < 4.78 is 5.67. The number of hydrogen-bond acceptors (Lipinski definition) is 5. The lowest BCUT2D eigenvalue weighted by Gasteiger charge is -2.11. The maximum Gasteiger partial charge on any atom is 0.269 e. The highest BCUT2D eigenvalue weighted by molar-refractivity contribution is 6.37. The zero-order valence-corrected chi connectivity index (χ0v) is 19.6. The van der Waals surface area contributed by atoms with Crippen molar-refractivity contribution in [3.05, 3.63) is 103 Å². The number of nitriles is 1. The zero-order valence-electron chi connectivity index (χ0n) is 18.0. The van der Waals surface area contributed by atoms with Crippen molar-refractivity contribution in [1.82, 2.24) is 0 Å². The highest BCUT2D eigenvalue weighted by Crippen LogP contribution is 2.35. The molecule has 0 radical (unpaired) electrons. The molecule has 1 N–H and O–H groups in total. The van der Waals surface area contributed by atoms with Gasteiger partial charge in [-0.3, -0.25) is 14.9 Å². The number of hydrogen-bond donors (Lipinski definition) is 1. The molecule has 0 heterocycles. The first-order chi connectivity index (χ1) is 16.3. The second kappa shape index (κ2) is 11.3. The first-order valence-corrected chi connectivity index (χ1v) is 10.9. The molecule has 9 heteroatoms. The number of nitro benzene ring substituents is 1. The van der Waals surface area contributed by atoms with Crippen LogP contribution in [0.4, 0.5) is 11.4 Å². The minimum atomic E-state index is -0.565. The van der Waals surface area contributed by atoms with E-state index in [1.165, 1.54) is 30.3 Å². The molecule has 0 fully saturated rings. The van der Waals surface area contributed by atoms with Crippen LogP contribution in [0.2, 0.25) is 10.0 Å². The maximum absolute atomic E-state index is 12.5. The number of ether oxygens (including phenoxy) is 1. The van der Waals surface area contributed by atoms with Crippen molar-refractivity contribution in [3.8, 4) is 11.8 Å². The molecular formula is C25H19Cl2N3O4. The SMILES string of the molecule is CCc1ccc(NC(=O)/C(C#N)=C/c2cc(Cl)c(OCc3cccc([N+](=O)[O-])c3)c(Cl)c2)cc1. The molecule has 3 aromatic carbocycles. The number of benzene rings is 3. The van der Waals surface area contributed by atoms with Gasteiger partial charge in [0.25, 0.3) is 11.6 Å². The van der Waals surface area contributed by atoms with Crippen LogP contribution in [-0.4, -0.2) is 10.8 Å². The van der Waals surface area contributed by atoms with Crippen LogP contribution < -0.4 is 10.1 Å². The van der Waals surface area contributed by atoms with Gasteiger partial charge in [-0.15, -0.1) is 0 Å². The summed E-state index contributed by atoms with van der Waals surface area (Å²) in [5.41, 5.74) is 2.53. The highest BCUT2D eigenvalue weighted by atomic mass is 35.5. The van der Waals surface area contributed by atoms with E-state index < -0.39 is 10.8 Å². The monoisotopic (exact) mass is 495 g/mol. The summed E-state index contributed by atoms with van der Waals surface area (Å²) in [6.45, 7) is 2.05. The third kappa shape index (κ3) is 6.35. The molecule has 34 heavy (non-hydrogen) atoms. The fourth-order valence-corrected chi connectivity index (χ4v) is 3.67. The standard InChI is InChI=1S/C25H19Cl2N3O4/c1-2-16-6-8-20(9-7-16)29-25(31)19(14-28)10-18-12-22(26)24(23(27)13-18)34-15-17-4-3-5-21(11-17)30(32)33/h3-13H,2,15H2,1H3,(H,29,31)/b19-10+. The molecular weight excluding hydrogens is 477 g/mol. The summed E-state index contributed by atoms with van der Waals surface area (Å²) in [5.74, 6) is -0.379. The molecule has 0 saturated carbocycles. The normalized spacial score (nSPS) is 10.9. The molecule has 0 bridgehead atoms. The van der Waals surface area contributed by atoms with Gasteiger partial charge in [-0.1, -0.05) is 54.4 Å². The van der Waals surface area contributed by atoms with Crippen molar-refractivity contribution in [3.63, 3.8) is 0 Å². The van der Waals surface area contributed by atoms with E-state index in [-0.39, 0.29) is 33.7 Å². The summed E-state index contributed by atoms with van der Waals surface area (Å²) >= 11 is 12.6. The highest BCUT2D eigenvalue weighted by Gasteiger charge is 2.14. The average Bonchev–Trinajstić information content (AvgIpc) is 2.82. The van der Waals surface area contributed by atoms with Gasteiger partial charge < -0.3 is 10.1 Å². The lowest BCUT2D eigenvalue weighted by molar-refractivity contribution is -0.384. The number of carbonyl (C=O) groups is 1. The Morgan fingerprint density at radius 3 is 2.38 bits per heavy atom. The summed E-state index contributed by atoms with van der Waals surface area (Å²) in [7, 11) is 0. The average molecular weight is 496 g/mol. The first-order valence-electron chi connectivity index (χ1n) is 10.2. The number of non-ortho nitro benzene ring substituents is 1. The molecule has 172 valence electrons. The number of carbonyl (C=O) groups excluding carboxylic acids is 1. The van der Waals surface area contributed by atoms with Gasteiger partial charge in [-0.2, -0.15) is 5.26 Å². The largest absolute Gasteiger partial charge is 0.486 e. The molecule has 0 unspecified atom stereocenters. The van der Waals surface area contributed by atoms with Crippen molar-refractivity contribution < 1.29 is 14.5 Å². The van der Waals surface area contributed by atoms with Crippen LogP contribution in [0.15, 0.2) is 66.2 Å². The van der Waals surface area contributed by atoms with E-state index in [1.807, 2.05) is 25.1 Å². The fourth-order valence-electron chi connectivity index (χ4n) is 3.05. The number of aryl methyl sites for hydroxylation is 1. The third-order valence-electron chi connectivity index (χ3n) is 4.82. The molecule has 3 rings (SSSR count). The molecule has 0 aliphatic heterocycles. The quantitative estimate of drug-likeness (QED) is 0.164. The Labute approximate surface area is 206 Å². The number of nitrogens with one attached hydrogen (secondary N) is 1. The van der Waals surface area contributed by atoms with Crippen molar-refractivity contribution in [2.45, 2.75) is 20.0 Å². The van der Waals surface area contributed by atoms with E-state index in [2.05, 4.69) is 5.32 Å². The molecule has 7 nitrogen and oxygen atoms in total. The van der Waals surface area contributed by atoms with E-state index in [0.717, 1.165) is 12.0 Å². The number of amides is 1. The van der Waals surface area contributed by atoms with E-state index >= 15 is 0 Å². The second-order valence-electron chi connectivity index (χ2n) is 7.20. The van der Waals surface area contributed by atoms with Crippen molar-refractivity contribution >= 4 is 46.6 Å². The molecule has 0 spiro atoms. The Balaban J connectivity index is 1.75. The zero-order chi connectivity index (χ0) is 24.7. The second-order valence-corrected chi connectivity index (χ2v) is 8.02. The van der Waals surface area contributed by atoms with Gasteiger partial charge in [0.2, 0.25) is 0 Å². The van der Waals surface area contributed by atoms with E-state index in [0.29, 0.717) is 16.8 Å². The Bertz CT molecular complexity index is 1280. The number of halogens is 2. The van der Waals surface area contributed by atoms with Crippen LogP contribution in [0.1, 0.15) is 23.6 Å². The third-order valence-corrected chi connectivity index (χ3v) is 5.38. The number of rotatable bonds is 8. The fraction of sp³-hybridized carbons (Fsp3) is 0.120. The lowest BCUT2D eigenvalue weighted by Crippen LogP contribution is -2.13. The molecule has 1 amide bonds. The van der Waals surface area contributed by atoms with Crippen molar-refractivity contribution in [2.24, 2.45) is 0 Å². The Kier molecular flexibility index (Phi) is 8.25. The van der Waals surface area contributed by atoms with Crippen LogP contribution in [-0.2, 0) is 17.8 Å². The Morgan fingerprint density at radius 1 is 1.12 bits per heavy atom. The topological polar surface area (TPSA) is 105 Å². The molecule has 0 aliphatic carbocycles. The van der Waals surface area contributed by atoms with Gasteiger partial charge >= 0.3 is 0 Å². The van der Waals surface area contributed by atoms with Crippen molar-refractivity contribution in [2.75, 3.05) is 5.32 Å². The van der Waals surface area contributed by atoms with E-state index in [9.17, 15) is 20.2 Å². The van der Waals surface area contributed by atoms with Crippen LogP contribution in [0, 0.1) is 21.4 Å². The molecule has 3 aromatic rings. The summed E-state index contributed by atoms with van der Waals surface area (Å²) in [6, 6.07) is 18.3. The minimum absolute atomic E-state index is 0.0129. The molecule has 0 aromatic heterocycles. The van der Waals surface area contributed by atoms with E-state index in [1.54, 1.807) is 24.3 Å². The van der Waals surface area contributed by atoms with Gasteiger partial charge in [0.15, 0.2) is 5.75 Å². The maximum atomic E-state index is 12.5. The van der Waals surface area contributed by atoms with Gasteiger partial charge in [-0.05, 0) is 53.5 Å². The Morgan fingerprint density at radius 2 is 1.79 bits per heavy atom. The van der Waals surface area contributed by atoms with E-state index in [4.69, 9.17) is 27.9 Å². The van der Waals surface area contributed by atoms with Crippen LogP contribution in [0.3, 0.4) is 0 Å². The summed E-state index contributed by atoms with van der Waals surface area (Å²) in [4.78, 5) is 23.0. The van der Waals surface area contributed by atoms with Gasteiger partial charge in [0.05, 0.1) is 15.0 Å². The van der Waals surface area contributed by atoms with Crippen LogP contribution in [0.25, 0.3) is 6.08 Å². The predicted molar refractivity (Wildman–Crippen MR) is 132 cm³/mol. The van der Waals surface area contributed by atoms with Crippen LogP contribution >= 0.6 is 23.2 Å². The van der Waals surface area contributed by atoms with Gasteiger partial charge in [0.1, 0.15) is 18.2 Å². The predicted octanol–water partition coefficient (Wildman–Crippen LogP) is 6.59. The molecule has 0 atom stereocenters. The van der Waals surface area contributed by atoms with Gasteiger partial charge in [0, 0.05) is 17.8 Å². The number of nitrogens with zero attached hydrogens (tertiary/aromatic N) is 2. The molecule has 0 saturated heterocycles. The summed E-state index contributed by atoms with van der Waals surface area (Å²) in [5, 5.41) is 23.4. The van der Waals surface area contributed by atoms with Crippen LogP contribution in [0.5, 0.6) is 5.75 Å². The first kappa shape index (κ1) is 24.8. The van der Waals surface area contributed by atoms with Crippen molar-refractivity contribution in [1.29, 1.82) is 5.26 Å². The lowest BCUT2D eigenvalue weighted by atomic mass is 10.1.